The summed E-state index contributed by atoms with van der Waals surface area (Å²) in [4.78, 5) is 2.35. The second-order valence-electron chi connectivity index (χ2n) is 4.07. The summed E-state index contributed by atoms with van der Waals surface area (Å²) in [6.45, 7) is 0.587. The standard InChI is InChI=1S/C11H17BrN2OS/c1-14(8-3-5-16-7-8)10(6-13)11-9(12)2-4-15-11/h2,4,8,10H,3,5-7,13H2,1H3. The maximum absolute atomic E-state index is 5.87. The van der Waals surface area contributed by atoms with Crippen molar-refractivity contribution in [2.45, 2.75) is 18.5 Å². The summed E-state index contributed by atoms with van der Waals surface area (Å²) in [5, 5.41) is 0. The minimum atomic E-state index is 0.174. The van der Waals surface area contributed by atoms with Crippen molar-refractivity contribution in [1.82, 2.24) is 4.90 Å². The Hall–Kier alpha value is 0.0300. The Kier molecular flexibility index (Phi) is 4.35. The monoisotopic (exact) mass is 304 g/mol. The molecule has 0 amide bonds. The van der Waals surface area contributed by atoms with Crippen molar-refractivity contribution < 1.29 is 4.42 Å². The van der Waals surface area contributed by atoms with E-state index in [1.165, 1.54) is 17.9 Å². The van der Waals surface area contributed by atoms with Gasteiger partial charge in [0, 0.05) is 18.3 Å². The average molecular weight is 305 g/mol. The molecule has 0 radical (unpaired) electrons. The molecular formula is C11H17BrN2OS. The van der Waals surface area contributed by atoms with Crippen LogP contribution in [0.3, 0.4) is 0 Å². The molecular weight excluding hydrogens is 288 g/mol. The smallest absolute Gasteiger partial charge is 0.136 e. The molecule has 0 saturated carbocycles. The first-order valence-electron chi connectivity index (χ1n) is 5.46. The van der Waals surface area contributed by atoms with Gasteiger partial charge in [-0.2, -0.15) is 11.8 Å². The number of nitrogens with two attached hydrogens (primary N) is 1. The van der Waals surface area contributed by atoms with Gasteiger partial charge in [0.1, 0.15) is 5.76 Å². The number of hydrogen-bond donors (Lipinski definition) is 1. The first-order chi connectivity index (χ1) is 7.74. The molecule has 0 aromatic carbocycles. The molecule has 0 bridgehead atoms. The normalized spacial score (nSPS) is 22.9. The largest absolute Gasteiger partial charge is 0.466 e. The van der Waals surface area contributed by atoms with Crippen molar-refractivity contribution in [2.24, 2.45) is 5.73 Å². The van der Waals surface area contributed by atoms with E-state index in [9.17, 15) is 0 Å². The van der Waals surface area contributed by atoms with Crippen molar-refractivity contribution in [3.05, 3.63) is 22.6 Å². The molecule has 2 rings (SSSR count). The summed E-state index contributed by atoms with van der Waals surface area (Å²) in [6, 6.07) is 2.72. The predicted molar refractivity (Wildman–Crippen MR) is 71.7 cm³/mol. The quantitative estimate of drug-likeness (QED) is 0.928. The Morgan fingerprint density at radius 3 is 3.06 bits per heavy atom. The Morgan fingerprint density at radius 2 is 2.56 bits per heavy atom. The van der Waals surface area contributed by atoms with E-state index in [4.69, 9.17) is 10.2 Å². The van der Waals surface area contributed by atoms with E-state index in [2.05, 4.69) is 27.9 Å². The highest BCUT2D eigenvalue weighted by Crippen LogP contribution is 2.32. The lowest BCUT2D eigenvalue weighted by Crippen LogP contribution is -2.38. The fraction of sp³-hybridized carbons (Fsp3) is 0.636. The number of likely N-dealkylation sites (N-methyl/N-ethyl adjacent to an activating group) is 1. The van der Waals surface area contributed by atoms with Gasteiger partial charge in [-0.15, -0.1) is 0 Å². The number of nitrogens with zero attached hydrogens (tertiary/aromatic N) is 1. The Balaban J connectivity index is 2.12. The summed E-state index contributed by atoms with van der Waals surface area (Å²) in [6.07, 6.45) is 2.95. The van der Waals surface area contributed by atoms with Crippen molar-refractivity contribution >= 4 is 27.7 Å². The fourth-order valence-corrected chi connectivity index (χ4v) is 3.84. The maximum atomic E-state index is 5.87. The van der Waals surface area contributed by atoms with Crippen LogP contribution < -0.4 is 5.73 Å². The fourth-order valence-electron chi connectivity index (χ4n) is 2.10. The van der Waals surface area contributed by atoms with Gasteiger partial charge in [-0.05, 0) is 41.2 Å². The molecule has 90 valence electrons. The third-order valence-corrected chi connectivity index (χ3v) is 4.94. The first-order valence-corrected chi connectivity index (χ1v) is 7.41. The molecule has 1 saturated heterocycles. The van der Waals surface area contributed by atoms with Crippen LogP contribution in [0.1, 0.15) is 18.2 Å². The number of thioether (sulfide) groups is 1. The lowest BCUT2D eigenvalue weighted by atomic mass is 10.1. The van der Waals surface area contributed by atoms with Crippen LogP contribution in [-0.4, -0.2) is 36.0 Å². The van der Waals surface area contributed by atoms with Crippen LogP contribution in [0.4, 0.5) is 0 Å². The summed E-state index contributed by atoms with van der Waals surface area (Å²) >= 11 is 5.52. The van der Waals surface area contributed by atoms with Crippen LogP contribution in [-0.2, 0) is 0 Å². The Bertz CT molecular complexity index is 338. The zero-order valence-electron chi connectivity index (χ0n) is 9.36. The van der Waals surface area contributed by atoms with Gasteiger partial charge in [-0.25, -0.2) is 0 Å². The molecule has 2 unspecified atom stereocenters. The van der Waals surface area contributed by atoms with E-state index in [0.29, 0.717) is 12.6 Å². The van der Waals surface area contributed by atoms with Crippen molar-refractivity contribution in [3.8, 4) is 0 Å². The summed E-state index contributed by atoms with van der Waals surface area (Å²) in [5.74, 6) is 3.40. The third-order valence-electron chi connectivity index (χ3n) is 3.14. The zero-order chi connectivity index (χ0) is 11.5. The molecule has 16 heavy (non-hydrogen) atoms. The topological polar surface area (TPSA) is 42.4 Å². The van der Waals surface area contributed by atoms with Crippen LogP contribution >= 0.6 is 27.7 Å². The van der Waals surface area contributed by atoms with Gasteiger partial charge in [0.05, 0.1) is 16.8 Å². The van der Waals surface area contributed by atoms with Crippen LogP contribution in [0.25, 0.3) is 0 Å². The Morgan fingerprint density at radius 1 is 1.75 bits per heavy atom. The van der Waals surface area contributed by atoms with E-state index in [1.54, 1.807) is 6.26 Å². The van der Waals surface area contributed by atoms with Crippen molar-refractivity contribution in [1.29, 1.82) is 0 Å². The number of halogens is 1. The number of rotatable bonds is 4. The van der Waals surface area contributed by atoms with Crippen molar-refractivity contribution in [2.75, 3.05) is 25.1 Å². The van der Waals surface area contributed by atoms with Crippen LogP contribution in [0.5, 0.6) is 0 Å². The molecule has 2 N–H and O–H groups in total. The van der Waals surface area contributed by atoms with Gasteiger partial charge < -0.3 is 10.2 Å². The van der Waals surface area contributed by atoms with E-state index in [-0.39, 0.29) is 6.04 Å². The van der Waals surface area contributed by atoms with E-state index >= 15 is 0 Å². The zero-order valence-corrected chi connectivity index (χ0v) is 11.8. The highest BCUT2D eigenvalue weighted by atomic mass is 79.9. The molecule has 0 spiro atoms. The molecule has 1 fully saturated rings. The highest BCUT2D eigenvalue weighted by molar-refractivity contribution is 9.10. The predicted octanol–water partition coefficient (Wildman–Crippen LogP) is 2.48. The molecule has 2 heterocycles. The summed E-state index contributed by atoms with van der Waals surface area (Å²) in [5.41, 5.74) is 5.87. The molecule has 1 aromatic rings. The third kappa shape index (κ3) is 2.47. The van der Waals surface area contributed by atoms with E-state index < -0.39 is 0 Å². The minimum absolute atomic E-state index is 0.174. The average Bonchev–Trinajstić information content (AvgIpc) is 2.91. The lowest BCUT2D eigenvalue weighted by molar-refractivity contribution is 0.171. The molecule has 5 heteroatoms. The van der Waals surface area contributed by atoms with Gasteiger partial charge in [0.25, 0.3) is 0 Å². The Labute approximate surface area is 109 Å². The highest BCUT2D eigenvalue weighted by Gasteiger charge is 2.28. The summed E-state index contributed by atoms with van der Waals surface area (Å²) < 4.78 is 6.54. The van der Waals surface area contributed by atoms with Crippen molar-refractivity contribution in [3.63, 3.8) is 0 Å². The summed E-state index contributed by atoms with van der Waals surface area (Å²) in [7, 11) is 2.14. The lowest BCUT2D eigenvalue weighted by Gasteiger charge is -2.30. The van der Waals surface area contributed by atoms with Gasteiger partial charge in [-0.1, -0.05) is 0 Å². The molecule has 1 aliphatic rings. The molecule has 1 aromatic heterocycles. The SMILES string of the molecule is CN(C1CCSC1)C(CN)c1occc1Br. The second kappa shape index (κ2) is 5.58. The van der Waals surface area contributed by atoms with Gasteiger partial charge >= 0.3 is 0 Å². The minimum Gasteiger partial charge on any atom is -0.466 e. The van der Waals surface area contributed by atoms with E-state index in [1.807, 2.05) is 17.8 Å². The van der Waals surface area contributed by atoms with Gasteiger partial charge in [0.2, 0.25) is 0 Å². The maximum Gasteiger partial charge on any atom is 0.136 e. The number of hydrogen-bond acceptors (Lipinski definition) is 4. The van der Waals surface area contributed by atoms with Gasteiger partial charge in [0.15, 0.2) is 0 Å². The first kappa shape index (κ1) is 12.5. The van der Waals surface area contributed by atoms with Crippen LogP contribution in [0.15, 0.2) is 21.2 Å². The van der Waals surface area contributed by atoms with Crippen LogP contribution in [0, 0.1) is 0 Å². The van der Waals surface area contributed by atoms with E-state index in [0.717, 1.165) is 10.2 Å². The number of furan rings is 1. The second-order valence-corrected chi connectivity index (χ2v) is 6.07. The molecule has 3 nitrogen and oxygen atoms in total. The molecule has 0 aliphatic carbocycles. The van der Waals surface area contributed by atoms with Crippen LogP contribution in [0.2, 0.25) is 0 Å². The molecule has 1 aliphatic heterocycles. The molecule has 2 atom stereocenters. The van der Waals surface area contributed by atoms with Gasteiger partial charge in [-0.3, -0.25) is 4.90 Å².